The van der Waals surface area contributed by atoms with Gasteiger partial charge in [0.15, 0.2) is 0 Å². The Labute approximate surface area is 103 Å². The summed E-state index contributed by atoms with van der Waals surface area (Å²) >= 11 is 1.86. The molecule has 16 heavy (non-hydrogen) atoms. The van der Waals surface area contributed by atoms with Crippen LogP contribution in [0.3, 0.4) is 0 Å². The molecule has 2 nitrogen and oxygen atoms in total. The molecule has 0 fully saturated rings. The average Bonchev–Trinajstić information content (AvgIpc) is 2.68. The molecule has 0 atom stereocenters. The number of nitrogens with one attached hydrogen (secondary N) is 1. The molecule has 1 heterocycles. The summed E-state index contributed by atoms with van der Waals surface area (Å²) in [6.07, 6.45) is 3.25. The number of hydrogen-bond acceptors (Lipinski definition) is 3. The molecule has 0 aromatic carbocycles. The highest BCUT2D eigenvalue weighted by molar-refractivity contribution is 7.11. The van der Waals surface area contributed by atoms with E-state index in [0.29, 0.717) is 0 Å². The Morgan fingerprint density at radius 3 is 2.19 bits per heavy atom. The van der Waals surface area contributed by atoms with Crippen molar-refractivity contribution in [3.63, 3.8) is 0 Å². The number of aryl methyl sites for hydroxylation is 2. The highest BCUT2D eigenvalue weighted by Crippen LogP contribution is 2.33. The van der Waals surface area contributed by atoms with Crippen molar-refractivity contribution < 1.29 is 0 Å². The molecule has 0 spiro atoms. The maximum absolute atomic E-state index is 4.82. The van der Waals surface area contributed by atoms with Crippen molar-refractivity contribution in [1.82, 2.24) is 10.3 Å². The molecule has 0 saturated carbocycles. The predicted octanol–water partition coefficient (Wildman–Crippen LogP) is 3.64. The van der Waals surface area contributed by atoms with Crippen LogP contribution in [-0.4, -0.2) is 11.5 Å². The molecule has 1 rings (SSSR count). The van der Waals surface area contributed by atoms with Gasteiger partial charge >= 0.3 is 0 Å². The lowest BCUT2D eigenvalue weighted by molar-refractivity contribution is 0.314. The Morgan fingerprint density at radius 2 is 1.81 bits per heavy atom. The van der Waals surface area contributed by atoms with Crippen molar-refractivity contribution in [1.29, 1.82) is 0 Å². The highest BCUT2D eigenvalue weighted by atomic mass is 32.1. The molecule has 0 radical (unpaired) electrons. The van der Waals surface area contributed by atoms with Crippen molar-refractivity contribution in [2.24, 2.45) is 0 Å². The van der Waals surface area contributed by atoms with Crippen LogP contribution in [0.2, 0.25) is 0 Å². The normalized spacial score (nSPS) is 12.1. The van der Waals surface area contributed by atoms with Gasteiger partial charge in [-0.25, -0.2) is 4.98 Å². The molecule has 0 bridgehead atoms. The second-order valence-electron chi connectivity index (χ2n) is 4.19. The zero-order chi connectivity index (χ0) is 12.2. The molecule has 0 amide bonds. The first-order valence-corrected chi connectivity index (χ1v) is 7.16. The van der Waals surface area contributed by atoms with Crippen LogP contribution < -0.4 is 5.32 Å². The van der Waals surface area contributed by atoms with Gasteiger partial charge in [0.2, 0.25) is 0 Å². The molecule has 3 heteroatoms. The van der Waals surface area contributed by atoms with Crippen LogP contribution in [0.15, 0.2) is 0 Å². The van der Waals surface area contributed by atoms with Gasteiger partial charge in [0.05, 0.1) is 11.2 Å². The topological polar surface area (TPSA) is 24.9 Å². The highest BCUT2D eigenvalue weighted by Gasteiger charge is 2.31. The SMILES string of the molecule is CCNC(CC)(CC)c1nc(CC)c(C)s1. The summed E-state index contributed by atoms with van der Waals surface area (Å²) in [5, 5.41) is 4.90. The van der Waals surface area contributed by atoms with Gasteiger partial charge in [-0.3, -0.25) is 0 Å². The van der Waals surface area contributed by atoms with Gasteiger partial charge in [-0.15, -0.1) is 11.3 Å². The van der Waals surface area contributed by atoms with Crippen LogP contribution in [0.5, 0.6) is 0 Å². The Kier molecular flexibility index (Phi) is 4.93. The van der Waals surface area contributed by atoms with Crippen molar-refractivity contribution in [3.8, 4) is 0 Å². The Bertz CT molecular complexity index is 327. The van der Waals surface area contributed by atoms with Crippen LogP contribution in [0, 0.1) is 6.92 Å². The minimum atomic E-state index is 0.0948. The van der Waals surface area contributed by atoms with Crippen molar-refractivity contribution in [2.45, 2.75) is 59.4 Å². The summed E-state index contributed by atoms with van der Waals surface area (Å²) in [5.41, 5.74) is 1.36. The van der Waals surface area contributed by atoms with E-state index >= 15 is 0 Å². The van der Waals surface area contributed by atoms with Crippen LogP contribution in [0.4, 0.5) is 0 Å². The lowest BCUT2D eigenvalue weighted by Gasteiger charge is -2.30. The molecular weight excluding hydrogens is 216 g/mol. The number of thiazole rings is 1. The average molecular weight is 240 g/mol. The fourth-order valence-corrected chi connectivity index (χ4v) is 3.49. The summed E-state index contributed by atoms with van der Waals surface area (Å²) in [4.78, 5) is 6.19. The molecule has 1 N–H and O–H groups in total. The first-order valence-electron chi connectivity index (χ1n) is 6.35. The van der Waals surface area contributed by atoms with E-state index in [2.05, 4.69) is 39.9 Å². The van der Waals surface area contributed by atoms with Gasteiger partial charge in [0, 0.05) is 4.88 Å². The largest absolute Gasteiger partial charge is 0.306 e. The molecular formula is C13H24N2S. The minimum Gasteiger partial charge on any atom is -0.306 e. The van der Waals surface area contributed by atoms with Crippen molar-refractivity contribution >= 4 is 11.3 Å². The second kappa shape index (κ2) is 5.78. The van der Waals surface area contributed by atoms with Crippen molar-refractivity contribution in [3.05, 3.63) is 15.6 Å². The van der Waals surface area contributed by atoms with E-state index in [4.69, 9.17) is 4.98 Å². The Balaban J connectivity index is 3.09. The Morgan fingerprint density at radius 1 is 1.19 bits per heavy atom. The summed E-state index contributed by atoms with van der Waals surface area (Å²) in [5.74, 6) is 0. The first-order chi connectivity index (χ1) is 7.63. The standard InChI is InChI=1S/C13H24N2S/c1-6-11-10(5)16-12(15-11)13(7-2,8-3)14-9-4/h14H,6-9H2,1-5H3. The number of hydrogen-bond donors (Lipinski definition) is 1. The number of rotatable bonds is 6. The summed E-state index contributed by atoms with van der Waals surface area (Å²) < 4.78 is 0. The third kappa shape index (κ3) is 2.46. The van der Waals surface area contributed by atoms with E-state index < -0.39 is 0 Å². The fourth-order valence-electron chi connectivity index (χ4n) is 2.18. The molecule has 0 aliphatic rings. The van der Waals surface area contributed by atoms with Gasteiger partial charge in [-0.2, -0.15) is 0 Å². The summed E-state index contributed by atoms with van der Waals surface area (Å²) in [7, 11) is 0. The second-order valence-corrected chi connectivity index (χ2v) is 5.40. The molecule has 0 aliphatic heterocycles. The summed E-state index contributed by atoms with van der Waals surface area (Å²) in [6.45, 7) is 12.0. The fraction of sp³-hybridized carbons (Fsp3) is 0.769. The molecule has 92 valence electrons. The first kappa shape index (κ1) is 13.7. The number of nitrogens with zero attached hydrogens (tertiary/aromatic N) is 1. The molecule has 0 unspecified atom stereocenters. The van der Waals surface area contributed by atoms with Crippen LogP contribution in [0.25, 0.3) is 0 Å². The van der Waals surface area contributed by atoms with Gasteiger partial charge in [0.1, 0.15) is 5.01 Å². The van der Waals surface area contributed by atoms with E-state index in [0.717, 1.165) is 25.8 Å². The van der Waals surface area contributed by atoms with E-state index in [9.17, 15) is 0 Å². The molecule has 1 aromatic heterocycles. The molecule has 1 aromatic rings. The van der Waals surface area contributed by atoms with E-state index in [1.54, 1.807) is 0 Å². The quantitative estimate of drug-likeness (QED) is 0.821. The van der Waals surface area contributed by atoms with Gasteiger partial charge in [-0.05, 0) is 32.7 Å². The monoisotopic (exact) mass is 240 g/mol. The predicted molar refractivity (Wildman–Crippen MR) is 72.2 cm³/mol. The molecule has 0 aliphatic carbocycles. The van der Waals surface area contributed by atoms with E-state index in [1.165, 1.54) is 15.6 Å². The third-order valence-corrected chi connectivity index (χ3v) is 4.58. The molecule has 0 saturated heterocycles. The zero-order valence-corrected chi connectivity index (χ0v) is 12.0. The smallest absolute Gasteiger partial charge is 0.113 e. The third-order valence-electron chi connectivity index (χ3n) is 3.36. The zero-order valence-electron chi connectivity index (χ0n) is 11.2. The minimum absolute atomic E-state index is 0.0948. The maximum atomic E-state index is 4.82. The maximum Gasteiger partial charge on any atom is 0.113 e. The number of aromatic nitrogens is 1. The van der Waals surface area contributed by atoms with Crippen molar-refractivity contribution in [2.75, 3.05) is 6.54 Å². The van der Waals surface area contributed by atoms with Gasteiger partial charge in [0.25, 0.3) is 0 Å². The van der Waals surface area contributed by atoms with E-state index in [1.807, 2.05) is 11.3 Å². The lowest BCUT2D eigenvalue weighted by atomic mass is 9.93. The van der Waals surface area contributed by atoms with Crippen LogP contribution in [-0.2, 0) is 12.0 Å². The van der Waals surface area contributed by atoms with E-state index in [-0.39, 0.29) is 5.54 Å². The van der Waals surface area contributed by atoms with Gasteiger partial charge < -0.3 is 5.32 Å². The van der Waals surface area contributed by atoms with Crippen LogP contribution in [0.1, 0.15) is 56.1 Å². The van der Waals surface area contributed by atoms with Gasteiger partial charge in [-0.1, -0.05) is 27.7 Å². The Hall–Kier alpha value is -0.410. The van der Waals surface area contributed by atoms with Crippen LogP contribution >= 0.6 is 11.3 Å². The lowest BCUT2D eigenvalue weighted by Crippen LogP contribution is -2.41. The summed E-state index contributed by atoms with van der Waals surface area (Å²) in [6, 6.07) is 0.